The number of pyridine rings is 1. The Balaban J connectivity index is 1.22. The minimum absolute atomic E-state index is 0.0384. The van der Waals surface area contributed by atoms with Crippen LogP contribution in [0.3, 0.4) is 0 Å². The lowest BCUT2D eigenvalue weighted by atomic mass is 9.92. The number of nitrogens with zero attached hydrogens (tertiary/aromatic N) is 2. The summed E-state index contributed by atoms with van der Waals surface area (Å²) in [5.74, 6) is -0.0379. The van der Waals surface area contributed by atoms with Gasteiger partial charge in [-0.2, -0.15) is 0 Å². The molecule has 2 saturated carbocycles. The zero-order valence-corrected chi connectivity index (χ0v) is 23.4. The van der Waals surface area contributed by atoms with Crippen molar-refractivity contribution >= 4 is 28.6 Å². The number of unbranched alkanes of at least 4 members (excludes halogenated alkanes) is 1. The highest BCUT2D eigenvalue weighted by Gasteiger charge is 2.56. The monoisotopic (exact) mass is 540 g/mol. The molecule has 4 atom stereocenters. The molecule has 6 nitrogen and oxygen atoms in total. The molecule has 2 aliphatic rings. The third kappa shape index (κ3) is 5.09. The minimum Gasteiger partial charge on any atom is -0.833 e. The van der Waals surface area contributed by atoms with Crippen LogP contribution in [0.5, 0.6) is 0 Å². The van der Waals surface area contributed by atoms with Crippen LogP contribution >= 0.6 is 22.7 Å². The summed E-state index contributed by atoms with van der Waals surface area (Å²) in [4.78, 5) is 26.4. The van der Waals surface area contributed by atoms with E-state index in [2.05, 4.69) is 14.1 Å². The molecular formula is C29H36N2O4S2. The number of carbonyl (C=O) groups is 1. The lowest BCUT2D eigenvalue weighted by Crippen LogP contribution is -2.53. The average molecular weight is 541 g/mol. The standard InChI is InChI=1S/C29H36N2O4S2/c1-30-14-13-20(18-26(30)32)8-4-5-15-31(2,3)23-19-21-11-12-22(23)27(21)35-28(33)29(34,24-9-6-16-36-24)25-10-7-17-37-25/h6-7,9-10,13-14,16-18,21-23,27H,4-5,8,11-12,15,19H2,1-3H3/t21?,22?,23-,27?/m0/s1. The van der Waals surface area contributed by atoms with E-state index in [0.717, 1.165) is 55.1 Å². The maximum Gasteiger partial charge on any atom is 0.306 e. The van der Waals surface area contributed by atoms with E-state index in [0.29, 0.717) is 21.7 Å². The predicted octanol–water partition coefficient (Wildman–Crippen LogP) is 3.92. The lowest BCUT2D eigenvalue weighted by molar-refractivity contribution is -0.918. The fraction of sp³-hybridized carbons (Fsp3) is 0.517. The molecule has 5 rings (SSSR count). The van der Waals surface area contributed by atoms with Gasteiger partial charge < -0.3 is 18.9 Å². The zero-order chi connectivity index (χ0) is 26.2. The van der Waals surface area contributed by atoms with E-state index < -0.39 is 11.6 Å². The molecule has 3 aromatic rings. The molecule has 0 amide bonds. The number of aryl methyl sites for hydroxylation is 2. The summed E-state index contributed by atoms with van der Waals surface area (Å²) >= 11 is 2.64. The van der Waals surface area contributed by atoms with Gasteiger partial charge in [0.2, 0.25) is 0 Å². The van der Waals surface area contributed by atoms with Crippen LogP contribution in [-0.4, -0.2) is 47.8 Å². The summed E-state index contributed by atoms with van der Waals surface area (Å²) in [7, 11) is 6.35. The fourth-order valence-electron chi connectivity index (χ4n) is 6.47. The van der Waals surface area contributed by atoms with Crippen LogP contribution in [0.15, 0.2) is 58.1 Å². The van der Waals surface area contributed by atoms with Crippen molar-refractivity contribution in [1.29, 1.82) is 0 Å². The number of esters is 1. The molecule has 0 aliphatic heterocycles. The normalized spacial score (nSPS) is 23.5. The number of quaternary nitrogens is 1. The Morgan fingerprint density at radius 2 is 1.84 bits per heavy atom. The molecule has 2 aliphatic carbocycles. The number of ether oxygens (including phenoxy) is 1. The van der Waals surface area contributed by atoms with Gasteiger partial charge >= 0.3 is 5.97 Å². The maximum absolute atomic E-state index is 14.1. The van der Waals surface area contributed by atoms with Crippen molar-refractivity contribution in [2.75, 3.05) is 20.6 Å². The maximum atomic E-state index is 14.1. The van der Waals surface area contributed by atoms with Gasteiger partial charge in [-0.05, 0) is 66.6 Å². The number of carbonyl (C=O) groups excluding carboxylic acids is 1. The third-order valence-electron chi connectivity index (χ3n) is 8.58. The number of rotatable bonds is 10. The van der Waals surface area contributed by atoms with Crippen molar-refractivity contribution in [2.45, 2.75) is 56.3 Å². The second kappa shape index (κ2) is 10.5. The van der Waals surface area contributed by atoms with Gasteiger partial charge in [0, 0.05) is 47.3 Å². The fourth-order valence-corrected chi connectivity index (χ4v) is 8.17. The average Bonchev–Trinajstić information content (AvgIpc) is 3.69. The van der Waals surface area contributed by atoms with Crippen molar-refractivity contribution in [1.82, 2.24) is 4.57 Å². The Morgan fingerprint density at radius 3 is 2.46 bits per heavy atom. The first kappa shape index (κ1) is 26.4. The van der Waals surface area contributed by atoms with Crippen molar-refractivity contribution in [3.05, 3.63) is 79.0 Å². The second-order valence-corrected chi connectivity index (χ2v) is 13.1. The number of fused-ring (bicyclic) bond motifs is 2. The largest absolute Gasteiger partial charge is 0.833 e. The predicted molar refractivity (Wildman–Crippen MR) is 146 cm³/mol. The van der Waals surface area contributed by atoms with Crippen LogP contribution < -0.4 is 10.7 Å². The van der Waals surface area contributed by atoms with E-state index >= 15 is 0 Å². The first-order chi connectivity index (χ1) is 17.7. The first-order valence-electron chi connectivity index (χ1n) is 13.2. The molecule has 37 heavy (non-hydrogen) atoms. The molecule has 0 N–H and O–H groups in total. The topological polar surface area (TPSA) is 71.4 Å². The molecule has 2 bridgehead atoms. The van der Waals surface area contributed by atoms with Crippen molar-refractivity contribution < 1.29 is 19.1 Å². The lowest BCUT2D eigenvalue weighted by Gasteiger charge is -2.41. The molecule has 0 spiro atoms. The van der Waals surface area contributed by atoms with E-state index in [1.807, 2.05) is 35.2 Å². The van der Waals surface area contributed by atoms with Gasteiger partial charge in [0.25, 0.3) is 5.56 Å². The molecule has 3 unspecified atom stereocenters. The smallest absolute Gasteiger partial charge is 0.306 e. The Labute approximate surface area is 226 Å². The molecule has 0 radical (unpaired) electrons. The van der Waals surface area contributed by atoms with Crippen molar-refractivity contribution in [2.24, 2.45) is 18.9 Å². The number of hydrogen-bond donors (Lipinski definition) is 0. The van der Waals surface area contributed by atoms with Crippen LogP contribution in [0.2, 0.25) is 0 Å². The Hall–Kier alpha value is -2.26. The summed E-state index contributed by atoms with van der Waals surface area (Å²) in [5.41, 5.74) is -0.864. The van der Waals surface area contributed by atoms with Gasteiger partial charge in [0.1, 0.15) is 6.10 Å². The Kier molecular flexibility index (Phi) is 7.47. The van der Waals surface area contributed by atoms with E-state index in [1.54, 1.807) is 29.8 Å². The molecule has 3 heterocycles. The summed E-state index contributed by atoms with van der Waals surface area (Å²) in [6, 6.07) is 11.3. The summed E-state index contributed by atoms with van der Waals surface area (Å²) in [5, 5.41) is 17.8. The van der Waals surface area contributed by atoms with Gasteiger partial charge in [-0.15, -0.1) is 22.7 Å². The van der Waals surface area contributed by atoms with E-state index in [1.165, 1.54) is 22.7 Å². The molecule has 198 valence electrons. The van der Waals surface area contributed by atoms with Gasteiger partial charge in [-0.3, -0.25) is 9.59 Å². The Morgan fingerprint density at radius 1 is 1.14 bits per heavy atom. The van der Waals surface area contributed by atoms with Gasteiger partial charge in [-0.25, -0.2) is 0 Å². The van der Waals surface area contributed by atoms with Crippen LogP contribution in [0.25, 0.3) is 0 Å². The minimum atomic E-state index is -2.00. The Bertz CT molecular complexity index is 1230. The number of thiophene rings is 2. The summed E-state index contributed by atoms with van der Waals surface area (Å²) in [6.07, 6.45) is 7.82. The number of hydrogen-bond acceptors (Lipinski definition) is 6. The summed E-state index contributed by atoms with van der Waals surface area (Å²) < 4.78 is 8.65. The van der Waals surface area contributed by atoms with Crippen LogP contribution in [0.1, 0.15) is 47.4 Å². The quantitative estimate of drug-likeness (QED) is 0.222. The second-order valence-electron chi connectivity index (χ2n) is 11.3. The molecule has 8 heteroatoms. The molecule has 0 saturated heterocycles. The van der Waals surface area contributed by atoms with E-state index in [-0.39, 0.29) is 17.6 Å². The third-order valence-corrected chi connectivity index (χ3v) is 10.5. The number of aromatic nitrogens is 1. The molecule has 3 aromatic heterocycles. The van der Waals surface area contributed by atoms with E-state index in [4.69, 9.17) is 4.74 Å². The first-order valence-corrected chi connectivity index (χ1v) is 14.9. The van der Waals surface area contributed by atoms with Crippen LogP contribution in [-0.2, 0) is 28.6 Å². The highest BCUT2D eigenvalue weighted by Crippen LogP contribution is 2.50. The zero-order valence-electron chi connectivity index (χ0n) is 21.8. The highest BCUT2D eigenvalue weighted by atomic mass is 32.1. The summed E-state index contributed by atoms with van der Waals surface area (Å²) in [6.45, 7) is 1.04. The molecule has 0 aromatic carbocycles. The van der Waals surface area contributed by atoms with Gasteiger partial charge in [-0.1, -0.05) is 12.1 Å². The molecular weight excluding hydrogens is 504 g/mol. The van der Waals surface area contributed by atoms with Crippen molar-refractivity contribution in [3.63, 3.8) is 0 Å². The molecule has 2 fully saturated rings. The van der Waals surface area contributed by atoms with Gasteiger partial charge in [0.05, 0.1) is 32.3 Å². The van der Waals surface area contributed by atoms with Gasteiger partial charge in [0.15, 0.2) is 0 Å². The van der Waals surface area contributed by atoms with E-state index in [9.17, 15) is 14.7 Å². The van der Waals surface area contributed by atoms with Crippen LogP contribution in [0, 0.1) is 11.8 Å². The SMILES string of the molecule is Cn1ccc(CCCC[N+](C)(C)[C@H]2CC3CCC2C3OC(=O)C([O-])(c2cccs2)c2cccs2)cc1=O. The van der Waals surface area contributed by atoms with Crippen molar-refractivity contribution in [3.8, 4) is 0 Å². The highest BCUT2D eigenvalue weighted by molar-refractivity contribution is 7.12. The van der Waals surface area contributed by atoms with Crippen LogP contribution in [0.4, 0.5) is 0 Å².